The summed E-state index contributed by atoms with van der Waals surface area (Å²) in [4.78, 5) is 28.2. The third-order valence-corrected chi connectivity index (χ3v) is 3.75. The molecule has 2 N–H and O–H groups in total. The Kier molecular flexibility index (Phi) is 4.33. The predicted molar refractivity (Wildman–Crippen MR) is 80.0 cm³/mol. The lowest BCUT2D eigenvalue weighted by atomic mass is 10.2. The minimum absolute atomic E-state index is 0.0357. The zero-order valence-electron chi connectivity index (χ0n) is 12.5. The van der Waals surface area contributed by atoms with Gasteiger partial charge in [-0.3, -0.25) is 19.2 Å². The maximum absolute atomic E-state index is 12.3. The quantitative estimate of drug-likeness (QED) is 0.845. The van der Waals surface area contributed by atoms with Gasteiger partial charge >= 0.3 is 12.1 Å². The number of halogens is 3. The highest BCUT2D eigenvalue weighted by molar-refractivity contribution is 5.79. The van der Waals surface area contributed by atoms with Gasteiger partial charge in [-0.2, -0.15) is 0 Å². The van der Waals surface area contributed by atoms with E-state index >= 15 is 0 Å². The normalized spacial score (nSPS) is 16.5. The van der Waals surface area contributed by atoms with Crippen LogP contribution in [0.5, 0.6) is 5.75 Å². The first-order valence-electron chi connectivity index (χ1n) is 7.29. The number of nitrogens with zero attached hydrogens (tertiary/aromatic N) is 2. The summed E-state index contributed by atoms with van der Waals surface area (Å²) in [6.07, 6.45) is -4.85. The molecule has 0 unspecified atom stereocenters. The van der Waals surface area contributed by atoms with Gasteiger partial charge in [0.1, 0.15) is 5.75 Å². The highest BCUT2D eigenvalue weighted by Crippen LogP contribution is 2.24. The Morgan fingerprint density at radius 3 is 2.54 bits per heavy atom. The van der Waals surface area contributed by atoms with Crippen LogP contribution in [0.3, 0.4) is 0 Å². The topological polar surface area (TPSA) is 79.4 Å². The van der Waals surface area contributed by atoms with Gasteiger partial charge in [0.2, 0.25) is 0 Å². The van der Waals surface area contributed by atoms with Gasteiger partial charge in [0.15, 0.2) is 0 Å². The number of rotatable bonds is 3. The first-order valence-corrected chi connectivity index (χ1v) is 7.29. The molecule has 0 atom stereocenters. The summed E-state index contributed by atoms with van der Waals surface area (Å²) in [6.45, 7) is 3.25. The molecule has 1 aliphatic heterocycles. The number of ether oxygens (including phenoxy) is 1. The molecule has 0 spiro atoms. The van der Waals surface area contributed by atoms with Crippen LogP contribution in [0.25, 0.3) is 10.9 Å². The smallest absolute Gasteiger partial charge is 0.406 e. The van der Waals surface area contributed by atoms with Crippen LogP contribution >= 0.6 is 0 Å². The summed E-state index contributed by atoms with van der Waals surface area (Å²) in [7, 11) is 0. The third kappa shape index (κ3) is 3.60. The molecule has 1 aliphatic rings. The van der Waals surface area contributed by atoms with Crippen molar-refractivity contribution >= 4 is 10.9 Å². The molecule has 2 heterocycles. The minimum atomic E-state index is -4.85. The molecule has 0 bridgehead atoms. The van der Waals surface area contributed by atoms with Crippen LogP contribution in [0.15, 0.2) is 27.8 Å². The fraction of sp³-hybridized carbons (Fsp3) is 0.429. The second-order valence-electron chi connectivity index (χ2n) is 5.42. The first kappa shape index (κ1) is 16.5. The number of H-pyrrole nitrogens is 1. The molecular weight excluding hydrogens is 329 g/mol. The van der Waals surface area contributed by atoms with E-state index in [-0.39, 0.29) is 17.6 Å². The Morgan fingerprint density at radius 1 is 1.17 bits per heavy atom. The van der Waals surface area contributed by atoms with E-state index in [1.54, 1.807) is 0 Å². The maximum Gasteiger partial charge on any atom is 0.573 e. The highest BCUT2D eigenvalue weighted by Gasteiger charge is 2.31. The van der Waals surface area contributed by atoms with Crippen molar-refractivity contribution in [2.45, 2.75) is 13.0 Å². The van der Waals surface area contributed by atoms with Crippen molar-refractivity contribution in [2.75, 3.05) is 26.2 Å². The van der Waals surface area contributed by atoms with E-state index < -0.39 is 23.4 Å². The van der Waals surface area contributed by atoms with E-state index in [9.17, 15) is 22.8 Å². The Morgan fingerprint density at radius 2 is 1.88 bits per heavy atom. The monoisotopic (exact) mass is 344 g/mol. The van der Waals surface area contributed by atoms with Crippen molar-refractivity contribution in [1.29, 1.82) is 0 Å². The summed E-state index contributed by atoms with van der Waals surface area (Å²) in [5, 5.41) is 3.14. The van der Waals surface area contributed by atoms with Gasteiger partial charge in [0.05, 0.1) is 17.6 Å². The average molecular weight is 344 g/mol. The number of hydrogen-bond donors (Lipinski definition) is 2. The summed E-state index contributed by atoms with van der Waals surface area (Å²) < 4.78 is 42.1. The summed E-state index contributed by atoms with van der Waals surface area (Å²) in [6, 6.07) is 3.35. The third-order valence-electron chi connectivity index (χ3n) is 3.75. The number of hydrogen-bond acceptors (Lipinski definition) is 5. The average Bonchev–Trinajstić information content (AvgIpc) is 2.51. The van der Waals surface area contributed by atoms with Crippen LogP contribution in [0.1, 0.15) is 0 Å². The van der Waals surface area contributed by atoms with E-state index in [2.05, 4.69) is 15.0 Å². The maximum atomic E-state index is 12.3. The predicted octanol–water partition coefficient (Wildman–Crippen LogP) is 0.451. The van der Waals surface area contributed by atoms with Crippen molar-refractivity contribution in [3.63, 3.8) is 0 Å². The van der Waals surface area contributed by atoms with Crippen LogP contribution in [0.2, 0.25) is 0 Å². The lowest BCUT2D eigenvalue weighted by Crippen LogP contribution is -2.46. The largest absolute Gasteiger partial charge is 0.573 e. The molecule has 24 heavy (non-hydrogen) atoms. The molecule has 0 amide bonds. The number of aromatic nitrogens is 2. The van der Waals surface area contributed by atoms with Gasteiger partial charge in [-0.25, -0.2) is 4.79 Å². The van der Waals surface area contributed by atoms with Crippen LogP contribution < -0.4 is 21.3 Å². The SMILES string of the molecule is O=c1[nH]c(=O)n(CN2CCNCC2)c2ccc(OC(F)(F)F)cc12. The molecule has 3 rings (SSSR count). The molecule has 1 fully saturated rings. The molecule has 2 aromatic rings. The van der Waals surface area contributed by atoms with Crippen molar-refractivity contribution in [3.8, 4) is 5.75 Å². The second-order valence-corrected chi connectivity index (χ2v) is 5.42. The molecule has 0 radical (unpaired) electrons. The minimum Gasteiger partial charge on any atom is -0.406 e. The van der Waals surface area contributed by atoms with Gasteiger partial charge in [-0.05, 0) is 18.2 Å². The van der Waals surface area contributed by atoms with Gasteiger partial charge in [0.25, 0.3) is 5.56 Å². The number of fused-ring (bicyclic) bond motifs is 1. The molecule has 1 aromatic carbocycles. The number of nitrogens with one attached hydrogen (secondary N) is 2. The lowest BCUT2D eigenvalue weighted by Gasteiger charge is -2.28. The molecular formula is C14H15F3N4O3. The van der Waals surface area contributed by atoms with Gasteiger partial charge < -0.3 is 10.1 Å². The molecule has 0 aliphatic carbocycles. The summed E-state index contributed by atoms with van der Waals surface area (Å²) in [5.41, 5.74) is -1.09. The Hall–Kier alpha value is -2.33. The van der Waals surface area contributed by atoms with E-state index in [1.807, 2.05) is 4.90 Å². The number of alkyl halides is 3. The summed E-state index contributed by atoms with van der Waals surface area (Å²) in [5.74, 6) is -0.507. The standard InChI is InChI=1S/C14H15F3N4O3/c15-14(16,17)24-9-1-2-11-10(7-9)12(22)19-13(23)21(11)8-20-5-3-18-4-6-20/h1-2,7,18H,3-6,8H2,(H,19,22,23). The van der Waals surface area contributed by atoms with Crippen LogP contribution in [-0.2, 0) is 6.67 Å². The summed E-state index contributed by atoms with van der Waals surface area (Å²) >= 11 is 0. The molecule has 10 heteroatoms. The molecule has 7 nitrogen and oxygen atoms in total. The van der Waals surface area contributed by atoms with Gasteiger partial charge in [-0.1, -0.05) is 0 Å². The number of piperazine rings is 1. The van der Waals surface area contributed by atoms with E-state index in [1.165, 1.54) is 10.6 Å². The van der Waals surface area contributed by atoms with Crippen LogP contribution in [0.4, 0.5) is 13.2 Å². The van der Waals surface area contributed by atoms with Crippen molar-refractivity contribution in [3.05, 3.63) is 39.0 Å². The van der Waals surface area contributed by atoms with Crippen LogP contribution in [-0.4, -0.2) is 47.0 Å². The Labute approximate surface area is 133 Å². The van der Waals surface area contributed by atoms with Crippen molar-refractivity contribution in [2.24, 2.45) is 0 Å². The van der Waals surface area contributed by atoms with E-state index in [0.29, 0.717) is 0 Å². The van der Waals surface area contributed by atoms with E-state index in [4.69, 9.17) is 0 Å². The number of benzene rings is 1. The fourth-order valence-electron chi connectivity index (χ4n) is 2.66. The Bertz CT molecular complexity index is 853. The second kappa shape index (κ2) is 6.29. The molecule has 1 aromatic heterocycles. The van der Waals surface area contributed by atoms with E-state index in [0.717, 1.165) is 38.3 Å². The fourth-order valence-corrected chi connectivity index (χ4v) is 2.66. The Balaban J connectivity index is 2.02. The zero-order valence-corrected chi connectivity index (χ0v) is 12.5. The highest BCUT2D eigenvalue weighted by atomic mass is 19.4. The molecule has 1 saturated heterocycles. The van der Waals surface area contributed by atoms with Gasteiger partial charge in [-0.15, -0.1) is 13.2 Å². The number of aromatic amines is 1. The first-order chi connectivity index (χ1) is 11.3. The van der Waals surface area contributed by atoms with Crippen molar-refractivity contribution in [1.82, 2.24) is 19.8 Å². The molecule has 0 saturated carbocycles. The lowest BCUT2D eigenvalue weighted by molar-refractivity contribution is -0.274. The van der Waals surface area contributed by atoms with Crippen LogP contribution in [0, 0.1) is 0 Å². The van der Waals surface area contributed by atoms with Gasteiger partial charge in [0, 0.05) is 26.2 Å². The zero-order chi connectivity index (χ0) is 17.3. The van der Waals surface area contributed by atoms with Crippen molar-refractivity contribution < 1.29 is 17.9 Å². The molecule has 130 valence electrons.